The van der Waals surface area contributed by atoms with Crippen LogP contribution < -0.4 is 0 Å². The molecule has 0 heterocycles. The number of ether oxygens (including phenoxy) is 3. The highest BCUT2D eigenvalue weighted by Gasteiger charge is 1.81. The first kappa shape index (κ1) is 8.46. The van der Waals surface area contributed by atoms with Gasteiger partial charge in [-0.2, -0.15) is 0 Å². The minimum atomic E-state index is 0.212. The quantitative estimate of drug-likeness (QED) is 0.308. The summed E-state index contributed by atoms with van der Waals surface area (Å²) in [6.07, 6.45) is 1.33. The molecule has 0 radical (unpaired) electrons. The predicted octanol–water partition coefficient (Wildman–Crippen LogP) is 1.11. The van der Waals surface area contributed by atoms with Gasteiger partial charge in [0.15, 0.2) is 13.6 Å². The molecule has 0 amide bonds. The molecule has 0 aromatic carbocycles. The minimum Gasteiger partial charge on any atom is -0.476 e. The van der Waals surface area contributed by atoms with Crippen molar-refractivity contribution in [1.82, 2.24) is 0 Å². The maximum absolute atomic E-state index is 4.84. The van der Waals surface area contributed by atoms with Crippen LogP contribution in [0.4, 0.5) is 0 Å². The molecule has 9 heavy (non-hydrogen) atoms. The van der Waals surface area contributed by atoms with E-state index in [-0.39, 0.29) is 13.6 Å². The SMILES string of the molecule is C=COCOCOCC. The van der Waals surface area contributed by atoms with Crippen molar-refractivity contribution in [2.75, 3.05) is 20.2 Å². The molecule has 0 aromatic rings. The molecule has 0 atom stereocenters. The molecule has 0 saturated heterocycles. The zero-order chi connectivity index (χ0) is 6.95. The van der Waals surface area contributed by atoms with Crippen molar-refractivity contribution in [3.8, 4) is 0 Å². The van der Waals surface area contributed by atoms with Gasteiger partial charge in [-0.05, 0) is 6.92 Å². The Balaban J connectivity index is 2.66. The van der Waals surface area contributed by atoms with Gasteiger partial charge in [-0.3, -0.25) is 0 Å². The minimum absolute atomic E-state index is 0.212. The molecule has 0 N–H and O–H groups in total. The smallest absolute Gasteiger partial charge is 0.190 e. The monoisotopic (exact) mass is 132 g/mol. The van der Waals surface area contributed by atoms with Crippen LogP contribution in [0, 0.1) is 0 Å². The Morgan fingerprint density at radius 2 is 2.11 bits per heavy atom. The maximum atomic E-state index is 4.84. The van der Waals surface area contributed by atoms with Gasteiger partial charge in [0.1, 0.15) is 0 Å². The third-order valence-corrected chi connectivity index (χ3v) is 0.640. The van der Waals surface area contributed by atoms with Gasteiger partial charge in [-0.25, -0.2) is 0 Å². The molecule has 0 aromatic heterocycles. The van der Waals surface area contributed by atoms with E-state index in [0.29, 0.717) is 6.61 Å². The molecule has 0 saturated carbocycles. The molecule has 0 aliphatic carbocycles. The molecular formula is C6H12O3. The van der Waals surface area contributed by atoms with E-state index in [1.54, 1.807) is 0 Å². The Kier molecular flexibility index (Phi) is 7.01. The second-order valence-corrected chi connectivity index (χ2v) is 1.27. The molecule has 0 spiro atoms. The highest BCUT2D eigenvalue weighted by atomic mass is 16.7. The zero-order valence-electron chi connectivity index (χ0n) is 5.63. The number of rotatable bonds is 6. The van der Waals surface area contributed by atoms with E-state index < -0.39 is 0 Å². The van der Waals surface area contributed by atoms with Crippen LogP contribution in [0.2, 0.25) is 0 Å². The fourth-order valence-electron chi connectivity index (χ4n) is 0.273. The average Bonchev–Trinajstić information content (AvgIpc) is 1.89. The summed E-state index contributed by atoms with van der Waals surface area (Å²) >= 11 is 0. The summed E-state index contributed by atoms with van der Waals surface area (Å²) in [5, 5.41) is 0. The Morgan fingerprint density at radius 1 is 1.33 bits per heavy atom. The van der Waals surface area contributed by atoms with Gasteiger partial charge >= 0.3 is 0 Å². The van der Waals surface area contributed by atoms with Gasteiger partial charge in [0.25, 0.3) is 0 Å². The average molecular weight is 132 g/mol. The summed E-state index contributed by atoms with van der Waals surface area (Å²) < 4.78 is 14.3. The standard InChI is InChI=1S/C6H12O3/c1-3-7-5-9-6-8-4-2/h3H,1,4-6H2,2H3. The van der Waals surface area contributed by atoms with Crippen molar-refractivity contribution in [3.05, 3.63) is 12.8 Å². The summed E-state index contributed by atoms with van der Waals surface area (Å²) in [5.41, 5.74) is 0. The highest BCUT2D eigenvalue weighted by molar-refractivity contribution is 4.44. The zero-order valence-corrected chi connectivity index (χ0v) is 5.63. The van der Waals surface area contributed by atoms with Gasteiger partial charge < -0.3 is 14.2 Å². The first-order valence-electron chi connectivity index (χ1n) is 2.79. The summed E-state index contributed by atoms with van der Waals surface area (Å²) in [6.45, 7) is 6.39. The van der Waals surface area contributed by atoms with E-state index in [1.165, 1.54) is 6.26 Å². The van der Waals surface area contributed by atoms with Crippen LogP contribution in [0.5, 0.6) is 0 Å². The molecule has 3 nitrogen and oxygen atoms in total. The highest BCUT2D eigenvalue weighted by Crippen LogP contribution is 1.79. The molecule has 0 aliphatic rings. The lowest BCUT2D eigenvalue weighted by Crippen LogP contribution is -2.01. The lowest BCUT2D eigenvalue weighted by Gasteiger charge is -2.01. The Morgan fingerprint density at radius 3 is 2.67 bits per heavy atom. The van der Waals surface area contributed by atoms with Crippen molar-refractivity contribution in [2.24, 2.45) is 0 Å². The van der Waals surface area contributed by atoms with E-state index in [9.17, 15) is 0 Å². The topological polar surface area (TPSA) is 27.7 Å². The van der Waals surface area contributed by atoms with E-state index in [0.717, 1.165) is 0 Å². The fourth-order valence-corrected chi connectivity index (χ4v) is 0.273. The van der Waals surface area contributed by atoms with E-state index in [2.05, 4.69) is 11.3 Å². The second kappa shape index (κ2) is 7.46. The molecule has 3 heteroatoms. The van der Waals surface area contributed by atoms with E-state index >= 15 is 0 Å². The summed E-state index contributed by atoms with van der Waals surface area (Å²) in [6, 6.07) is 0. The van der Waals surface area contributed by atoms with Gasteiger partial charge in [0.2, 0.25) is 0 Å². The van der Waals surface area contributed by atoms with Gasteiger partial charge in [0.05, 0.1) is 6.26 Å². The third kappa shape index (κ3) is 7.46. The lowest BCUT2D eigenvalue weighted by molar-refractivity contribution is -0.108. The van der Waals surface area contributed by atoms with Crippen LogP contribution in [0.15, 0.2) is 12.8 Å². The number of hydrogen-bond acceptors (Lipinski definition) is 3. The van der Waals surface area contributed by atoms with Crippen LogP contribution in [0.1, 0.15) is 6.92 Å². The Bertz CT molecular complexity index is 63.3. The maximum Gasteiger partial charge on any atom is 0.190 e. The summed E-state index contributed by atoms with van der Waals surface area (Å²) in [4.78, 5) is 0. The van der Waals surface area contributed by atoms with Gasteiger partial charge in [0, 0.05) is 6.61 Å². The molecule has 54 valence electrons. The molecule has 0 unspecified atom stereocenters. The second-order valence-electron chi connectivity index (χ2n) is 1.27. The predicted molar refractivity (Wildman–Crippen MR) is 33.7 cm³/mol. The summed E-state index contributed by atoms with van der Waals surface area (Å²) in [7, 11) is 0. The number of hydrogen-bond donors (Lipinski definition) is 0. The van der Waals surface area contributed by atoms with Gasteiger partial charge in [-0.15, -0.1) is 0 Å². The van der Waals surface area contributed by atoms with Crippen LogP contribution >= 0.6 is 0 Å². The van der Waals surface area contributed by atoms with Crippen LogP contribution in [-0.2, 0) is 14.2 Å². The largest absolute Gasteiger partial charge is 0.476 e. The summed E-state index contributed by atoms with van der Waals surface area (Å²) in [5.74, 6) is 0. The third-order valence-electron chi connectivity index (χ3n) is 0.640. The van der Waals surface area contributed by atoms with E-state index in [4.69, 9.17) is 9.47 Å². The van der Waals surface area contributed by atoms with Crippen molar-refractivity contribution in [1.29, 1.82) is 0 Å². The van der Waals surface area contributed by atoms with Crippen molar-refractivity contribution >= 4 is 0 Å². The van der Waals surface area contributed by atoms with Crippen LogP contribution in [-0.4, -0.2) is 20.2 Å². The molecule has 0 bridgehead atoms. The first-order chi connectivity index (χ1) is 4.41. The Hall–Kier alpha value is -0.540. The molecule has 0 rings (SSSR count). The Labute approximate surface area is 55.2 Å². The molecule has 0 aliphatic heterocycles. The van der Waals surface area contributed by atoms with Crippen molar-refractivity contribution in [2.45, 2.75) is 6.92 Å². The van der Waals surface area contributed by atoms with Gasteiger partial charge in [-0.1, -0.05) is 6.58 Å². The van der Waals surface area contributed by atoms with Crippen LogP contribution in [0.3, 0.4) is 0 Å². The lowest BCUT2D eigenvalue weighted by atomic mass is 10.9. The van der Waals surface area contributed by atoms with Crippen molar-refractivity contribution in [3.63, 3.8) is 0 Å². The first-order valence-corrected chi connectivity index (χ1v) is 2.79. The van der Waals surface area contributed by atoms with Crippen molar-refractivity contribution < 1.29 is 14.2 Å². The molecular weight excluding hydrogens is 120 g/mol. The van der Waals surface area contributed by atoms with E-state index in [1.807, 2.05) is 6.92 Å². The molecule has 0 fully saturated rings. The fraction of sp³-hybridized carbons (Fsp3) is 0.667. The van der Waals surface area contributed by atoms with Crippen LogP contribution in [0.25, 0.3) is 0 Å². The normalized spacial score (nSPS) is 9.00.